The molecule has 0 aromatic rings. The minimum absolute atomic E-state index is 0.0160. The van der Waals surface area contributed by atoms with E-state index in [2.05, 4.69) is 13.8 Å². The van der Waals surface area contributed by atoms with Gasteiger partial charge < -0.3 is 10.2 Å². The number of hydrogen-bond acceptors (Lipinski definition) is 4. The molecule has 4 atom stereocenters. The van der Waals surface area contributed by atoms with Crippen LogP contribution in [-0.4, -0.2) is 34.5 Å². The molecule has 0 aromatic heterocycles. The van der Waals surface area contributed by atoms with E-state index in [-0.39, 0.29) is 11.0 Å². The first-order valence-corrected chi connectivity index (χ1v) is 7.15. The third-order valence-corrected chi connectivity index (χ3v) is 6.54. The second-order valence-corrected chi connectivity index (χ2v) is 7.34. The van der Waals surface area contributed by atoms with Crippen molar-refractivity contribution in [2.45, 2.75) is 58.7 Å². The largest absolute Gasteiger partial charge is 0.388 e. The lowest BCUT2D eigenvalue weighted by Gasteiger charge is -2.66. The second-order valence-electron chi connectivity index (χ2n) is 7.34. The van der Waals surface area contributed by atoms with Gasteiger partial charge in [0.25, 0.3) is 0 Å². The first-order valence-electron chi connectivity index (χ1n) is 7.15. The van der Waals surface area contributed by atoms with Crippen LogP contribution in [0.1, 0.15) is 47.0 Å². The quantitative estimate of drug-likeness (QED) is 0.754. The fraction of sp³-hybridized carbons (Fsp3) is 0.750. The molecule has 2 aliphatic carbocycles. The van der Waals surface area contributed by atoms with Crippen molar-refractivity contribution in [2.24, 2.45) is 16.2 Å². The zero-order valence-electron chi connectivity index (χ0n) is 12.6. The van der Waals surface area contributed by atoms with Crippen molar-refractivity contribution >= 4 is 12.6 Å². The summed E-state index contributed by atoms with van der Waals surface area (Å²) in [5.74, 6) is 0. The molecule has 0 aliphatic heterocycles. The molecule has 20 heavy (non-hydrogen) atoms. The summed E-state index contributed by atoms with van der Waals surface area (Å²) in [6.07, 6.45) is 3.83. The van der Waals surface area contributed by atoms with Crippen LogP contribution in [0.25, 0.3) is 0 Å². The average Bonchev–Trinajstić information content (AvgIpc) is 2.39. The molecule has 0 saturated heterocycles. The van der Waals surface area contributed by atoms with E-state index in [1.165, 1.54) is 6.08 Å². The highest BCUT2D eigenvalue weighted by Gasteiger charge is 2.69. The van der Waals surface area contributed by atoms with Crippen LogP contribution in [0.5, 0.6) is 0 Å². The molecule has 0 aromatic carbocycles. The van der Waals surface area contributed by atoms with E-state index in [9.17, 15) is 19.8 Å². The molecule has 1 saturated carbocycles. The summed E-state index contributed by atoms with van der Waals surface area (Å²) < 4.78 is 0. The van der Waals surface area contributed by atoms with Crippen LogP contribution in [0.4, 0.5) is 0 Å². The molecular formula is C16H24O4. The Morgan fingerprint density at radius 3 is 2.30 bits per heavy atom. The average molecular weight is 280 g/mol. The Kier molecular flexibility index (Phi) is 3.27. The Labute approximate surface area is 119 Å². The Bertz CT molecular complexity index is 481. The van der Waals surface area contributed by atoms with Crippen molar-refractivity contribution in [1.29, 1.82) is 0 Å². The van der Waals surface area contributed by atoms with Crippen LogP contribution >= 0.6 is 0 Å². The van der Waals surface area contributed by atoms with Gasteiger partial charge in [-0.05, 0) is 24.3 Å². The topological polar surface area (TPSA) is 74.6 Å². The van der Waals surface area contributed by atoms with E-state index in [1.807, 2.05) is 13.8 Å². The number of hydrogen-bond donors (Lipinski definition) is 2. The van der Waals surface area contributed by atoms with Crippen LogP contribution in [0, 0.1) is 16.2 Å². The maximum atomic E-state index is 11.6. The SMILES string of the molecule is CC1(C)CCCC2(C)C(O)(C=O)C(C=O)=CC(O)C12C. The van der Waals surface area contributed by atoms with Crippen molar-refractivity contribution in [3.63, 3.8) is 0 Å². The highest BCUT2D eigenvalue weighted by Crippen LogP contribution is 2.67. The third-order valence-electron chi connectivity index (χ3n) is 6.54. The predicted octanol–water partition coefficient (Wildman–Crippen LogP) is 1.64. The lowest BCUT2D eigenvalue weighted by Crippen LogP contribution is -2.69. The molecular weight excluding hydrogens is 256 g/mol. The normalized spacial score (nSPS) is 47.1. The number of rotatable bonds is 2. The molecule has 2 rings (SSSR count). The minimum Gasteiger partial charge on any atom is -0.388 e. The molecule has 2 N–H and O–H groups in total. The van der Waals surface area contributed by atoms with Gasteiger partial charge in [-0.2, -0.15) is 0 Å². The van der Waals surface area contributed by atoms with Gasteiger partial charge >= 0.3 is 0 Å². The van der Waals surface area contributed by atoms with Crippen molar-refractivity contribution in [2.75, 3.05) is 0 Å². The lowest BCUT2D eigenvalue weighted by molar-refractivity contribution is -0.220. The molecule has 0 bridgehead atoms. The van der Waals surface area contributed by atoms with Crippen molar-refractivity contribution in [3.05, 3.63) is 11.6 Å². The van der Waals surface area contributed by atoms with E-state index in [1.54, 1.807) is 0 Å². The molecule has 4 unspecified atom stereocenters. The van der Waals surface area contributed by atoms with Gasteiger partial charge in [-0.3, -0.25) is 9.59 Å². The Morgan fingerprint density at radius 1 is 1.20 bits per heavy atom. The number of aliphatic hydroxyl groups excluding tert-OH is 1. The van der Waals surface area contributed by atoms with Gasteiger partial charge in [0.1, 0.15) is 6.29 Å². The van der Waals surface area contributed by atoms with Crippen LogP contribution < -0.4 is 0 Å². The Balaban J connectivity index is 2.78. The molecule has 112 valence electrons. The van der Waals surface area contributed by atoms with Gasteiger partial charge in [0.15, 0.2) is 11.9 Å². The Morgan fingerprint density at radius 2 is 1.80 bits per heavy atom. The minimum atomic E-state index is -1.83. The monoisotopic (exact) mass is 280 g/mol. The maximum Gasteiger partial charge on any atom is 0.156 e. The van der Waals surface area contributed by atoms with Gasteiger partial charge in [-0.25, -0.2) is 0 Å². The van der Waals surface area contributed by atoms with Crippen LogP contribution in [0.3, 0.4) is 0 Å². The number of carbonyl (C=O) groups excluding carboxylic acids is 2. The van der Waals surface area contributed by atoms with Gasteiger partial charge in [0.2, 0.25) is 0 Å². The number of aldehydes is 2. The zero-order chi connectivity index (χ0) is 15.4. The van der Waals surface area contributed by atoms with Gasteiger partial charge in [0.05, 0.1) is 6.10 Å². The fourth-order valence-corrected chi connectivity index (χ4v) is 4.57. The zero-order valence-corrected chi connectivity index (χ0v) is 12.6. The molecule has 4 heteroatoms. The summed E-state index contributed by atoms with van der Waals surface area (Å²) in [5, 5.41) is 21.6. The smallest absolute Gasteiger partial charge is 0.156 e. The van der Waals surface area contributed by atoms with E-state index in [4.69, 9.17) is 0 Å². The number of carbonyl (C=O) groups is 2. The maximum absolute atomic E-state index is 11.6. The fourth-order valence-electron chi connectivity index (χ4n) is 4.57. The van der Waals surface area contributed by atoms with Crippen LogP contribution in [0.15, 0.2) is 11.6 Å². The molecule has 1 fully saturated rings. The van der Waals surface area contributed by atoms with Gasteiger partial charge in [-0.1, -0.05) is 34.1 Å². The molecule has 0 radical (unpaired) electrons. The van der Waals surface area contributed by atoms with E-state index in [0.717, 1.165) is 12.8 Å². The van der Waals surface area contributed by atoms with Gasteiger partial charge in [0, 0.05) is 16.4 Å². The second kappa shape index (κ2) is 4.25. The molecule has 0 amide bonds. The first-order chi connectivity index (χ1) is 9.10. The first kappa shape index (κ1) is 15.4. The summed E-state index contributed by atoms with van der Waals surface area (Å²) in [5.41, 5.74) is -3.64. The van der Waals surface area contributed by atoms with Gasteiger partial charge in [-0.15, -0.1) is 0 Å². The number of fused-ring (bicyclic) bond motifs is 1. The summed E-state index contributed by atoms with van der Waals surface area (Å²) in [7, 11) is 0. The highest BCUT2D eigenvalue weighted by molar-refractivity contribution is 5.88. The summed E-state index contributed by atoms with van der Waals surface area (Å²) in [6.45, 7) is 7.85. The lowest BCUT2D eigenvalue weighted by atomic mass is 9.39. The van der Waals surface area contributed by atoms with Crippen LogP contribution in [0.2, 0.25) is 0 Å². The molecule has 4 nitrogen and oxygen atoms in total. The molecule has 0 spiro atoms. The Hall–Kier alpha value is -1.00. The van der Waals surface area contributed by atoms with E-state index >= 15 is 0 Å². The summed E-state index contributed by atoms with van der Waals surface area (Å²) in [4.78, 5) is 22.9. The van der Waals surface area contributed by atoms with Crippen molar-refractivity contribution in [3.8, 4) is 0 Å². The molecule has 0 heterocycles. The molecule has 2 aliphatic rings. The summed E-state index contributed by atoms with van der Waals surface area (Å²) >= 11 is 0. The van der Waals surface area contributed by atoms with Crippen molar-refractivity contribution in [1.82, 2.24) is 0 Å². The van der Waals surface area contributed by atoms with Crippen molar-refractivity contribution < 1.29 is 19.8 Å². The van der Waals surface area contributed by atoms with E-state index < -0.39 is 22.5 Å². The van der Waals surface area contributed by atoms with Crippen LogP contribution in [-0.2, 0) is 9.59 Å². The predicted molar refractivity (Wildman–Crippen MR) is 75.0 cm³/mol. The highest BCUT2D eigenvalue weighted by atomic mass is 16.3. The third kappa shape index (κ3) is 1.44. The number of aliphatic hydroxyl groups is 2. The summed E-state index contributed by atoms with van der Waals surface area (Å²) in [6, 6.07) is 0. The standard InChI is InChI=1S/C16H24O4/c1-13(2)6-5-7-14(3)15(13,4)12(19)8-11(9-17)16(14,20)10-18/h8-10,12,19-20H,5-7H2,1-4H3. The van der Waals surface area contributed by atoms with E-state index in [0.29, 0.717) is 19.0 Å².